The number of carbonyl (C=O) groups is 1. The molecule has 0 unspecified atom stereocenters. The summed E-state index contributed by atoms with van der Waals surface area (Å²) in [5, 5.41) is 9.94. The molecule has 0 fully saturated rings. The fourth-order valence-electron chi connectivity index (χ4n) is 4.37. The number of nitrogens with zero attached hydrogens (tertiary/aromatic N) is 2. The van der Waals surface area contributed by atoms with Crippen LogP contribution in [0, 0.1) is 6.92 Å². The fourth-order valence-corrected chi connectivity index (χ4v) is 4.37. The molecule has 7 nitrogen and oxygen atoms in total. The lowest BCUT2D eigenvalue weighted by molar-refractivity contribution is -0.189. The maximum Gasteiger partial charge on any atom is 0.491 e. The minimum atomic E-state index is -5.09. The van der Waals surface area contributed by atoms with Crippen molar-refractivity contribution in [1.82, 2.24) is 15.2 Å². The van der Waals surface area contributed by atoms with Gasteiger partial charge in [0.15, 0.2) is 17.1 Å². The lowest BCUT2D eigenvalue weighted by atomic mass is 9.97. The average molecular weight is 521 g/mol. The monoisotopic (exact) mass is 521 g/mol. The summed E-state index contributed by atoms with van der Waals surface area (Å²) < 4.78 is 53.2. The highest BCUT2D eigenvalue weighted by molar-refractivity contribution is 6.12. The number of aromatic amines is 1. The number of methoxy groups -OCH3 is 2. The molecule has 0 aliphatic carbocycles. The van der Waals surface area contributed by atoms with Crippen LogP contribution in [0.3, 0.4) is 0 Å². The van der Waals surface area contributed by atoms with Crippen molar-refractivity contribution in [3.05, 3.63) is 77.5 Å². The standard InChI is InChI=1S/C28H22F3N3O4/c1-15-6-4-5-7-17(15)12-21-24-19-13-22(36-2)23(37-3)14-20(19)25(32-26(24)34-33-21)16-8-10-18(11-9-16)38-27(35)28(29,30)31/h4-11,13-14H,12H2,1-3H3,(H,32,33,34). The predicted octanol–water partition coefficient (Wildman–Crippen LogP) is 6.16. The Bertz CT molecular complexity index is 1660. The molecule has 0 radical (unpaired) electrons. The van der Waals surface area contributed by atoms with Gasteiger partial charge in [0.25, 0.3) is 0 Å². The third kappa shape index (κ3) is 4.60. The normalized spacial score (nSPS) is 11.6. The lowest BCUT2D eigenvalue weighted by Crippen LogP contribution is -2.27. The van der Waals surface area contributed by atoms with Gasteiger partial charge in [-0.1, -0.05) is 24.3 Å². The number of hydrogen-bond donors (Lipinski definition) is 1. The summed E-state index contributed by atoms with van der Waals surface area (Å²) in [5.41, 5.74) is 4.74. The molecule has 5 aromatic rings. The van der Waals surface area contributed by atoms with Crippen molar-refractivity contribution >= 4 is 27.8 Å². The molecule has 0 saturated heterocycles. The molecule has 38 heavy (non-hydrogen) atoms. The summed E-state index contributed by atoms with van der Waals surface area (Å²) >= 11 is 0. The predicted molar refractivity (Wildman–Crippen MR) is 136 cm³/mol. The molecular formula is C28H22F3N3O4. The maximum absolute atomic E-state index is 12.6. The Kier molecular flexibility index (Phi) is 6.40. The number of nitrogens with one attached hydrogen (secondary N) is 1. The Labute approximate surface area is 215 Å². The van der Waals surface area contributed by atoms with E-state index in [1.807, 2.05) is 31.2 Å². The third-order valence-corrected chi connectivity index (χ3v) is 6.29. The highest BCUT2D eigenvalue weighted by Gasteiger charge is 2.41. The first-order valence-electron chi connectivity index (χ1n) is 11.6. The van der Waals surface area contributed by atoms with Crippen LogP contribution in [0.25, 0.3) is 33.1 Å². The van der Waals surface area contributed by atoms with Gasteiger partial charge in [-0.15, -0.1) is 0 Å². The van der Waals surface area contributed by atoms with Crippen LogP contribution < -0.4 is 14.2 Å². The van der Waals surface area contributed by atoms with E-state index >= 15 is 0 Å². The van der Waals surface area contributed by atoms with Crippen LogP contribution in [0.2, 0.25) is 0 Å². The van der Waals surface area contributed by atoms with Crippen molar-refractivity contribution < 1.29 is 32.2 Å². The number of aromatic nitrogens is 3. The van der Waals surface area contributed by atoms with E-state index in [9.17, 15) is 18.0 Å². The third-order valence-electron chi connectivity index (χ3n) is 6.29. The van der Waals surface area contributed by atoms with Crippen LogP contribution in [0.15, 0.2) is 60.7 Å². The Morgan fingerprint density at radius 3 is 2.24 bits per heavy atom. The number of carbonyl (C=O) groups excluding carboxylic acids is 1. The van der Waals surface area contributed by atoms with Crippen molar-refractivity contribution in [1.29, 1.82) is 0 Å². The Hall–Kier alpha value is -4.60. The van der Waals surface area contributed by atoms with E-state index in [1.54, 1.807) is 13.2 Å². The molecule has 0 atom stereocenters. The molecule has 3 aromatic carbocycles. The first-order chi connectivity index (χ1) is 18.2. The summed E-state index contributed by atoms with van der Waals surface area (Å²) in [6.45, 7) is 2.05. The number of halogens is 3. The Morgan fingerprint density at radius 2 is 1.61 bits per heavy atom. The lowest BCUT2D eigenvalue weighted by Gasteiger charge is -2.14. The van der Waals surface area contributed by atoms with Crippen LogP contribution in [0.4, 0.5) is 13.2 Å². The summed E-state index contributed by atoms with van der Waals surface area (Å²) in [4.78, 5) is 16.0. The first-order valence-corrected chi connectivity index (χ1v) is 11.6. The molecule has 10 heteroatoms. The maximum atomic E-state index is 12.6. The molecule has 2 heterocycles. The number of H-pyrrole nitrogens is 1. The average Bonchev–Trinajstić information content (AvgIpc) is 3.31. The van der Waals surface area contributed by atoms with E-state index in [-0.39, 0.29) is 5.75 Å². The number of aryl methyl sites for hydroxylation is 1. The smallest absolute Gasteiger partial charge is 0.491 e. The van der Waals surface area contributed by atoms with Crippen LogP contribution in [-0.2, 0) is 11.2 Å². The molecule has 0 saturated carbocycles. The number of fused-ring (bicyclic) bond motifs is 3. The van der Waals surface area contributed by atoms with E-state index in [0.29, 0.717) is 34.8 Å². The van der Waals surface area contributed by atoms with E-state index in [2.05, 4.69) is 21.0 Å². The minimum Gasteiger partial charge on any atom is -0.493 e. The highest BCUT2D eigenvalue weighted by Crippen LogP contribution is 2.40. The quantitative estimate of drug-likeness (QED) is 0.213. The molecule has 0 spiro atoms. The van der Waals surface area contributed by atoms with Gasteiger partial charge in [-0.25, -0.2) is 9.78 Å². The molecule has 5 rings (SSSR count). The zero-order valence-corrected chi connectivity index (χ0v) is 20.6. The van der Waals surface area contributed by atoms with Gasteiger partial charge in [0.2, 0.25) is 0 Å². The van der Waals surface area contributed by atoms with Gasteiger partial charge in [0, 0.05) is 28.5 Å². The second kappa shape index (κ2) is 9.70. The van der Waals surface area contributed by atoms with Crippen molar-refractivity contribution in [2.24, 2.45) is 0 Å². The van der Waals surface area contributed by atoms with Gasteiger partial charge in [-0.3, -0.25) is 5.10 Å². The summed E-state index contributed by atoms with van der Waals surface area (Å²) in [7, 11) is 3.08. The zero-order chi connectivity index (χ0) is 27.0. The number of esters is 1. The van der Waals surface area contributed by atoms with E-state index in [4.69, 9.17) is 14.5 Å². The number of rotatable bonds is 6. The summed E-state index contributed by atoms with van der Waals surface area (Å²) in [5.74, 6) is -1.51. The van der Waals surface area contributed by atoms with Crippen LogP contribution >= 0.6 is 0 Å². The van der Waals surface area contributed by atoms with E-state index in [0.717, 1.165) is 33.0 Å². The molecule has 0 aliphatic rings. The van der Waals surface area contributed by atoms with Crippen LogP contribution in [-0.4, -0.2) is 41.5 Å². The van der Waals surface area contributed by atoms with Gasteiger partial charge >= 0.3 is 12.1 Å². The van der Waals surface area contributed by atoms with Gasteiger partial charge in [-0.2, -0.15) is 18.3 Å². The molecular weight excluding hydrogens is 499 g/mol. The van der Waals surface area contributed by atoms with Gasteiger partial charge in [0.05, 0.1) is 25.3 Å². The topological polar surface area (TPSA) is 86.3 Å². The second-order valence-electron chi connectivity index (χ2n) is 8.63. The Morgan fingerprint density at radius 1 is 0.947 bits per heavy atom. The van der Waals surface area contributed by atoms with Crippen LogP contribution in [0.1, 0.15) is 16.8 Å². The molecule has 1 N–H and O–H groups in total. The highest BCUT2D eigenvalue weighted by atomic mass is 19.4. The zero-order valence-electron chi connectivity index (χ0n) is 20.6. The molecule has 0 aliphatic heterocycles. The molecule has 0 amide bonds. The van der Waals surface area contributed by atoms with E-state index < -0.39 is 12.1 Å². The Balaban J connectivity index is 1.67. The van der Waals surface area contributed by atoms with E-state index in [1.165, 1.54) is 31.4 Å². The van der Waals surface area contributed by atoms with Gasteiger partial charge in [0.1, 0.15) is 5.75 Å². The van der Waals surface area contributed by atoms with Gasteiger partial charge in [-0.05, 0) is 54.4 Å². The number of ether oxygens (including phenoxy) is 3. The number of hydrogen-bond acceptors (Lipinski definition) is 6. The minimum absolute atomic E-state index is 0.235. The van der Waals surface area contributed by atoms with Crippen molar-refractivity contribution in [3.63, 3.8) is 0 Å². The van der Waals surface area contributed by atoms with Crippen molar-refractivity contribution in [2.75, 3.05) is 14.2 Å². The van der Waals surface area contributed by atoms with Crippen molar-refractivity contribution in [3.8, 4) is 28.5 Å². The van der Waals surface area contributed by atoms with Gasteiger partial charge < -0.3 is 14.2 Å². The summed E-state index contributed by atoms with van der Waals surface area (Å²) in [6.07, 6.45) is -4.49. The number of benzene rings is 3. The first kappa shape index (κ1) is 25.1. The second-order valence-corrected chi connectivity index (χ2v) is 8.63. The summed E-state index contributed by atoms with van der Waals surface area (Å²) in [6, 6.07) is 17.4. The van der Waals surface area contributed by atoms with Crippen LogP contribution in [0.5, 0.6) is 17.2 Å². The SMILES string of the molecule is COc1cc2c(-c3ccc(OC(=O)C(F)(F)F)cc3)nc3n[nH]c(Cc4ccccc4C)c3c2cc1OC. The molecule has 2 aromatic heterocycles. The van der Waals surface area contributed by atoms with Crippen molar-refractivity contribution in [2.45, 2.75) is 19.5 Å². The fraction of sp³-hybridized carbons (Fsp3) is 0.179. The number of alkyl halides is 3. The number of pyridine rings is 1. The molecule has 0 bridgehead atoms. The molecule has 194 valence electrons. The largest absolute Gasteiger partial charge is 0.493 e.